The van der Waals surface area contributed by atoms with Gasteiger partial charge >= 0.3 is 0 Å². The zero-order valence-corrected chi connectivity index (χ0v) is 19.9. The molecule has 1 aromatic heterocycles. The number of nitrogens with zero attached hydrogens (tertiary/aromatic N) is 3. The summed E-state index contributed by atoms with van der Waals surface area (Å²) >= 11 is 0. The molecule has 2 fully saturated rings. The first-order valence-electron chi connectivity index (χ1n) is 12.4. The van der Waals surface area contributed by atoms with Gasteiger partial charge in [-0.25, -0.2) is 4.98 Å². The molecule has 6 heteroatoms. The number of hydrogen-bond acceptors (Lipinski definition) is 4. The maximum absolute atomic E-state index is 12.8. The zero-order valence-electron chi connectivity index (χ0n) is 19.9. The molecule has 0 aliphatic carbocycles. The number of benzene rings is 3. The number of fused-ring (bicyclic) bond motifs is 2. The van der Waals surface area contributed by atoms with Crippen LogP contribution < -0.4 is 10.1 Å². The maximum Gasteiger partial charge on any atom is 0.239 e. The van der Waals surface area contributed by atoms with Crippen molar-refractivity contribution in [2.75, 3.05) is 20.1 Å². The molecule has 6 nitrogen and oxygen atoms in total. The van der Waals surface area contributed by atoms with Gasteiger partial charge in [-0.1, -0.05) is 54.6 Å². The molecular formula is C29H30N4O2. The summed E-state index contributed by atoms with van der Waals surface area (Å²) in [6.07, 6.45) is 3.83. The van der Waals surface area contributed by atoms with E-state index in [1.807, 2.05) is 54.7 Å². The van der Waals surface area contributed by atoms with Crippen LogP contribution in [0.25, 0.3) is 11.0 Å². The smallest absolute Gasteiger partial charge is 0.239 e. The van der Waals surface area contributed by atoms with Gasteiger partial charge in [-0.05, 0) is 49.1 Å². The summed E-state index contributed by atoms with van der Waals surface area (Å²) in [7, 11) is 1.91. The molecule has 2 saturated heterocycles. The van der Waals surface area contributed by atoms with E-state index in [1.54, 1.807) is 0 Å². The van der Waals surface area contributed by atoms with Gasteiger partial charge in [0, 0.05) is 31.6 Å². The second kappa shape index (κ2) is 9.19. The first kappa shape index (κ1) is 21.9. The number of aryl methyl sites for hydroxylation is 2. The van der Waals surface area contributed by atoms with E-state index < -0.39 is 0 Å². The number of para-hydroxylation sites is 1. The third kappa shape index (κ3) is 4.08. The molecule has 3 aromatic carbocycles. The molecule has 6 rings (SSSR count). The van der Waals surface area contributed by atoms with Gasteiger partial charge in [-0.3, -0.25) is 4.79 Å². The lowest BCUT2D eigenvalue weighted by atomic mass is 9.77. The van der Waals surface area contributed by atoms with Crippen molar-refractivity contribution < 1.29 is 9.53 Å². The Morgan fingerprint density at radius 2 is 1.80 bits per heavy atom. The molecule has 35 heavy (non-hydrogen) atoms. The van der Waals surface area contributed by atoms with Crippen LogP contribution in [-0.2, 0) is 17.8 Å². The Bertz CT molecular complexity index is 1340. The lowest BCUT2D eigenvalue weighted by Crippen LogP contribution is -2.52. The van der Waals surface area contributed by atoms with Gasteiger partial charge in [0.15, 0.2) is 5.75 Å². The Morgan fingerprint density at radius 1 is 1.03 bits per heavy atom. The van der Waals surface area contributed by atoms with Crippen LogP contribution in [-0.4, -0.2) is 46.5 Å². The topological polar surface area (TPSA) is 59.4 Å². The molecule has 3 atom stereocenters. The van der Waals surface area contributed by atoms with Crippen molar-refractivity contribution in [2.24, 2.45) is 5.92 Å². The molecule has 178 valence electrons. The zero-order chi connectivity index (χ0) is 23.8. The highest BCUT2D eigenvalue weighted by molar-refractivity contribution is 5.86. The van der Waals surface area contributed by atoms with Crippen molar-refractivity contribution in [1.82, 2.24) is 19.8 Å². The number of ether oxygens (including phenoxy) is 1. The van der Waals surface area contributed by atoms with E-state index in [0.717, 1.165) is 54.0 Å². The summed E-state index contributed by atoms with van der Waals surface area (Å²) in [5.41, 5.74) is 4.39. The van der Waals surface area contributed by atoms with E-state index in [2.05, 4.69) is 46.3 Å². The van der Waals surface area contributed by atoms with Crippen LogP contribution in [0.15, 0.2) is 79.1 Å². The average Bonchev–Trinajstić information content (AvgIpc) is 3.55. The fraction of sp³-hybridized carbons (Fsp3) is 0.310. The van der Waals surface area contributed by atoms with Crippen molar-refractivity contribution >= 4 is 16.9 Å². The molecule has 3 heterocycles. The van der Waals surface area contributed by atoms with Crippen molar-refractivity contribution in [3.63, 3.8) is 0 Å². The van der Waals surface area contributed by atoms with Gasteiger partial charge < -0.3 is 19.5 Å². The fourth-order valence-corrected chi connectivity index (χ4v) is 5.73. The number of aromatic nitrogens is 2. The quantitative estimate of drug-likeness (QED) is 0.451. The summed E-state index contributed by atoms with van der Waals surface area (Å²) in [6.45, 7) is 2.37. The Labute approximate surface area is 205 Å². The number of carbonyl (C=O) groups excluding carboxylic acids is 1. The van der Waals surface area contributed by atoms with Crippen molar-refractivity contribution in [2.45, 2.75) is 31.3 Å². The van der Waals surface area contributed by atoms with Crippen LogP contribution in [0.3, 0.4) is 0 Å². The van der Waals surface area contributed by atoms with Gasteiger partial charge in [0.25, 0.3) is 0 Å². The van der Waals surface area contributed by atoms with Gasteiger partial charge in [0.1, 0.15) is 11.3 Å². The van der Waals surface area contributed by atoms with Crippen molar-refractivity contribution in [3.8, 4) is 11.5 Å². The van der Waals surface area contributed by atoms with E-state index in [4.69, 9.17) is 9.72 Å². The van der Waals surface area contributed by atoms with Gasteiger partial charge in [-0.2, -0.15) is 0 Å². The Hall–Kier alpha value is -3.64. The minimum atomic E-state index is -0.123. The number of imidazole rings is 1. The highest BCUT2D eigenvalue weighted by Crippen LogP contribution is 2.44. The van der Waals surface area contributed by atoms with E-state index in [0.29, 0.717) is 6.54 Å². The van der Waals surface area contributed by atoms with Crippen molar-refractivity contribution in [3.05, 3.63) is 90.3 Å². The summed E-state index contributed by atoms with van der Waals surface area (Å²) < 4.78 is 8.87. The molecule has 1 amide bonds. The standard InChI is InChI=1S/C29H30N4O2/c1-32-18-24(22-14-16-30-26(22)29(32)34)23-12-13-25-27(28(23)35-21-10-6-3-7-11-21)33(19-31-25)17-15-20-8-4-2-5-9-20/h2-13,19,22,24,26,30H,14-18H2,1H3. The number of likely N-dealkylation sites (N-methyl/N-ethyl adjacent to an activating group) is 1. The monoisotopic (exact) mass is 466 g/mol. The Kier molecular flexibility index (Phi) is 5.74. The molecular weight excluding hydrogens is 436 g/mol. The van der Waals surface area contributed by atoms with Crippen LogP contribution in [0.5, 0.6) is 11.5 Å². The molecule has 1 N–H and O–H groups in total. The third-order valence-corrected chi connectivity index (χ3v) is 7.51. The molecule has 0 bridgehead atoms. The summed E-state index contributed by atoms with van der Waals surface area (Å²) in [4.78, 5) is 19.4. The Morgan fingerprint density at radius 3 is 2.60 bits per heavy atom. The fourth-order valence-electron chi connectivity index (χ4n) is 5.73. The highest BCUT2D eigenvalue weighted by atomic mass is 16.5. The summed E-state index contributed by atoms with van der Waals surface area (Å²) in [5.74, 6) is 2.31. The average molecular weight is 467 g/mol. The molecule has 3 unspecified atom stereocenters. The predicted octanol–water partition coefficient (Wildman–Crippen LogP) is 4.61. The molecule has 4 aromatic rings. The van der Waals surface area contributed by atoms with Gasteiger partial charge in [0.05, 0.1) is 17.9 Å². The largest absolute Gasteiger partial charge is 0.455 e. The number of likely N-dealkylation sites (tertiary alicyclic amines) is 1. The lowest BCUT2D eigenvalue weighted by Gasteiger charge is -2.39. The molecule has 0 spiro atoms. The van der Waals surface area contributed by atoms with Gasteiger partial charge in [-0.15, -0.1) is 0 Å². The van der Waals surface area contributed by atoms with Crippen LogP contribution >= 0.6 is 0 Å². The number of hydrogen-bond donors (Lipinski definition) is 1. The highest BCUT2D eigenvalue weighted by Gasteiger charge is 2.45. The molecule has 2 aliphatic heterocycles. The normalized spacial score (nSPS) is 21.9. The number of carbonyl (C=O) groups is 1. The van der Waals surface area contributed by atoms with Crippen LogP contribution in [0.2, 0.25) is 0 Å². The van der Waals surface area contributed by atoms with Gasteiger partial charge in [0.2, 0.25) is 5.91 Å². The summed E-state index contributed by atoms with van der Waals surface area (Å²) in [6, 6.07) is 24.6. The van der Waals surface area contributed by atoms with E-state index >= 15 is 0 Å². The van der Waals surface area contributed by atoms with Crippen molar-refractivity contribution in [1.29, 1.82) is 0 Å². The Balaban J connectivity index is 1.45. The molecule has 2 aliphatic rings. The predicted molar refractivity (Wildman–Crippen MR) is 137 cm³/mol. The second-order valence-electron chi connectivity index (χ2n) is 9.65. The minimum Gasteiger partial charge on any atom is -0.455 e. The SMILES string of the molecule is CN1CC(c2ccc3ncn(CCc4ccccc4)c3c2Oc2ccccc2)C2CCNC2C1=O. The first-order valence-corrected chi connectivity index (χ1v) is 12.4. The minimum absolute atomic E-state index is 0.123. The third-order valence-electron chi connectivity index (χ3n) is 7.51. The van der Waals surface area contributed by atoms with E-state index in [-0.39, 0.29) is 23.8 Å². The second-order valence-corrected chi connectivity index (χ2v) is 9.65. The van der Waals surface area contributed by atoms with E-state index in [9.17, 15) is 4.79 Å². The van der Waals surface area contributed by atoms with E-state index in [1.165, 1.54) is 5.56 Å². The summed E-state index contributed by atoms with van der Waals surface area (Å²) in [5, 5.41) is 3.44. The van der Waals surface area contributed by atoms with Crippen LogP contribution in [0.1, 0.15) is 23.5 Å². The number of piperidine rings is 1. The number of rotatable bonds is 6. The number of amides is 1. The van der Waals surface area contributed by atoms with Crippen LogP contribution in [0.4, 0.5) is 0 Å². The molecule has 0 radical (unpaired) electrons. The van der Waals surface area contributed by atoms with Crippen LogP contribution in [0, 0.1) is 5.92 Å². The number of nitrogens with one attached hydrogen (secondary N) is 1. The lowest BCUT2D eigenvalue weighted by molar-refractivity contribution is -0.136. The maximum atomic E-state index is 12.8. The molecule has 0 saturated carbocycles. The first-order chi connectivity index (χ1) is 17.2.